The average molecular weight is 204 g/mol. The van der Waals surface area contributed by atoms with E-state index in [0.717, 1.165) is 5.56 Å². The molecule has 1 atom stereocenters. The summed E-state index contributed by atoms with van der Waals surface area (Å²) in [7, 11) is 0. The number of rotatable bonds is 2. The summed E-state index contributed by atoms with van der Waals surface area (Å²) in [5.41, 5.74) is 6.53. The van der Waals surface area contributed by atoms with Crippen LogP contribution in [0.5, 0.6) is 0 Å². The van der Waals surface area contributed by atoms with Crippen molar-refractivity contribution >= 4 is 11.6 Å². The van der Waals surface area contributed by atoms with Crippen LogP contribution >= 0.6 is 11.6 Å². The summed E-state index contributed by atoms with van der Waals surface area (Å²) >= 11 is 5.69. The molecule has 0 saturated heterocycles. The first-order valence-electron chi connectivity index (χ1n) is 3.88. The summed E-state index contributed by atoms with van der Waals surface area (Å²) in [5.74, 6) is -0.475. The van der Waals surface area contributed by atoms with Gasteiger partial charge in [-0.1, -0.05) is 17.7 Å². The second kappa shape index (κ2) is 4.05. The zero-order chi connectivity index (χ0) is 10.0. The quantitative estimate of drug-likeness (QED) is 0.770. The highest BCUT2D eigenvalue weighted by Gasteiger charge is 2.12. The fourth-order valence-electron chi connectivity index (χ4n) is 1.06. The van der Waals surface area contributed by atoms with Crippen molar-refractivity contribution in [2.24, 2.45) is 5.73 Å². The van der Waals surface area contributed by atoms with Crippen molar-refractivity contribution in [2.75, 3.05) is 6.61 Å². The molecule has 0 aliphatic carbocycles. The molecule has 0 heterocycles. The van der Waals surface area contributed by atoms with Gasteiger partial charge in [-0.3, -0.25) is 0 Å². The summed E-state index contributed by atoms with van der Waals surface area (Å²) in [5, 5.41) is 9.12. The maximum absolute atomic E-state index is 13.2. The third kappa shape index (κ3) is 2.18. The fraction of sp³-hybridized carbons (Fsp3) is 0.333. The topological polar surface area (TPSA) is 46.2 Å². The SMILES string of the molecule is Cc1cc([C@H](N)CO)c(F)cc1Cl. The van der Waals surface area contributed by atoms with Crippen LogP contribution in [0.2, 0.25) is 5.02 Å². The molecule has 0 fully saturated rings. The Labute approximate surface area is 81.1 Å². The zero-order valence-corrected chi connectivity index (χ0v) is 7.98. The van der Waals surface area contributed by atoms with E-state index in [1.54, 1.807) is 13.0 Å². The summed E-state index contributed by atoms with van der Waals surface area (Å²) in [4.78, 5) is 0. The van der Waals surface area contributed by atoms with Gasteiger partial charge in [-0.05, 0) is 18.6 Å². The second-order valence-corrected chi connectivity index (χ2v) is 3.32. The molecule has 1 rings (SSSR count). The first-order valence-corrected chi connectivity index (χ1v) is 4.26. The van der Waals surface area contributed by atoms with E-state index < -0.39 is 11.9 Å². The Balaban J connectivity index is 3.15. The molecular weight excluding hydrogens is 193 g/mol. The number of aryl methyl sites for hydroxylation is 1. The van der Waals surface area contributed by atoms with Crippen molar-refractivity contribution in [2.45, 2.75) is 13.0 Å². The first kappa shape index (κ1) is 10.4. The van der Waals surface area contributed by atoms with Crippen LogP contribution in [0, 0.1) is 12.7 Å². The lowest BCUT2D eigenvalue weighted by atomic mass is 10.1. The maximum Gasteiger partial charge on any atom is 0.129 e. The molecule has 1 aromatic carbocycles. The molecule has 4 heteroatoms. The van der Waals surface area contributed by atoms with Gasteiger partial charge < -0.3 is 10.8 Å². The minimum atomic E-state index is -0.684. The molecule has 0 bridgehead atoms. The predicted octanol–water partition coefficient (Wildman–Crippen LogP) is 1.78. The molecule has 0 unspecified atom stereocenters. The van der Waals surface area contributed by atoms with E-state index in [2.05, 4.69) is 0 Å². The van der Waals surface area contributed by atoms with E-state index in [1.165, 1.54) is 6.07 Å². The lowest BCUT2D eigenvalue weighted by Gasteiger charge is -2.11. The van der Waals surface area contributed by atoms with Crippen LogP contribution in [0.4, 0.5) is 4.39 Å². The monoisotopic (exact) mass is 203 g/mol. The van der Waals surface area contributed by atoms with Gasteiger partial charge in [-0.15, -0.1) is 0 Å². The molecule has 1 aromatic rings. The van der Waals surface area contributed by atoms with E-state index >= 15 is 0 Å². The minimum absolute atomic E-state index is 0.280. The van der Waals surface area contributed by atoms with Crippen LogP contribution < -0.4 is 5.73 Å². The molecule has 0 amide bonds. The standard InChI is InChI=1S/C9H11ClFNO/c1-5-2-6(9(12)4-13)8(11)3-7(5)10/h2-3,9,13H,4,12H2,1H3/t9-/m1/s1. The van der Waals surface area contributed by atoms with E-state index in [9.17, 15) is 4.39 Å². The number of aliphatic hydroxyl groups is 1. The van der Waals surface area contributed by atoms with Gasteiger partial charge >= 0.3 is 0 Å². The lowest BCUT2D eigenvalue weighted by molar-refractivity contribution is 0.265. The molecule has 72 valence electrons. The highest BCUT2D eigenvalue weighted by Crippen LogP contribution is 2.23. The molecule has 3 N–H and O–H groups in total. The summed E-state index contributed by atoms with van der Waals surface area (Å²) in [6.07, 6.45) is 0. The number of nitrogens with two attached hydrogens (primary N) is 1. The van der Waals surface area contributed by atoms with Gasteiger partial charge in [0.1, 0.15) is 5.82 Å². The third-order valence-electron chi connectivity index (χ3n) is 1.87. The van der Waals surface area contributed by atoms with Gasteiger partial charge in [-0.25, -0.2) is 4.39 Å². The largest absolute Gasteiger partial charge is 0.394 e. The number of halogens is 2. The van der Waals surface area contributed by atoms with E-state index in [1.807, 2.05) is 0 Å². The zero-order valence-electron chi connectivity index (χ0n) is 7.22. The maximum atomic E-state index is 13.2. The van der Waals surface area contributed by atoms with Gasteiger partial charge in [0.15, 0.2) is 0 Å². The van der Waals surface area contributed by atoms with Crippen molar-refractivity contribution in [1.82, 2.24) is 0 Å². The number of benzene rings is 1. The smallest absolute Gasteiger partial charge is 0.129 e. The molecular formula is C9H11ClFNO. The van der Waals surface area contributed by atoms with Crippen LogP contribution in [0.3, 0.4) is 0 Å². The van der Waals surface area contributed by atoms with Crippen LogP contribution in [0.15, 0.2) is 12.1 Å². The predicted molar refractivity (Wildman–Crippen MR) is 50.2 cm³/mol. The van der Waals surface area contributed by atoms with Crippen molar-refractivity contribution in [3.63, 3.8) is 0 Å². The Kier molecular flexibility index (Phi) is 3.25. The van der Waals surface area contributed by atoms with Crippen molar-refractivity contribution in [3.8, 4) is 0 Å². The molecule has 0 saturated carbocycles. The van der Waals surface area contributed by atoms with Gasteiger partial charge in [-0.2, -0.15) is 0 Å². The average Bonchev–Trinajstić information content (AvgIpc) is 2.10. The van der Waals surface area contributed by atoms with Gasteiger partial charge in [0.05, 0.1) is 12.6 Å². The van der Waals surface area contributed by atoms with Crippen molar-refractivity contribution in [1.29, 1.82) is 0 Å². The van der Waals surface area contributed by atoms with E-state index in [0.29, 0.717) is 10.6 Å². The number of hydrogen-bond donors (Lipinski definition) is 2. The Hall–Kier alpha value is -0.640. The second-order valence-electron chi connectivity index (χ2n) is 2.91. The lowest BCUT2D eigenvalue weighted by Crippen LogP contribution is -2.16. The van der Waals surface area contributed by atoms with Gasteiger partial charge in [0.25, 0.3) is 0 Å². The number of hydrogen-bond acceptors (Lipinski definition) is 2. The Bertz CT molecular complexity index is 317. The summed E-state index contributed by atoms with van der Waals surface area (Å²) in [6.45, 7) is 1.48. The Morgan fingerprint density at radius 2 is 2.23 bits per heavy atom. The highest BCUT2D eigenvalue weighted by atomic mass is 35.5. The molecule has 0 aliphatic rings. The molecule has 0 aliphatic heterocycles. The normalized spacial score (nSPS) is 13.0. The van der Waals surface area contributed by atoms with E-state index in [-0.39, 0.29) is 6.61 Å². The van der Waals surface area contributed by atoms with E-state index in [4.69, 9.17) is 22.4 Å². The van der Waals surface area contributed by atoms with Gasteiger partial charge in [0.2, 0.25) is 0 Å². The first-order chi connectivity index (χ1) is 6.06. The molecule has 0 spiro atoms. The summed E-state index contributed by atoms with van der Waals surface area (Å²) in [6, 6.07) is 2.08. The number of aliphatic hydroxyl groups excluding tert-OH is 1. The van der Waals surface area contributed by atoms with Gasteiger partial charge in [0, 0.05) is 10.6 Å². The molecule has 2 nitrogen and oxygen atoms in total. The van der Waals surface area contributed by atoms with Crippen LogP contribution in [0.25, 0.3) is 0 Å². The van der Waals surface area contributed by atoms with Crippen LogP contribution in [-0.4, -0.2) is 11.7 Å². The summed E-state index contributed by atoms with van der Waals surface area (Å²) < 4.78 is 13.2. The minimum Gasteiger partial charge on any atom is -0.394 e. The highest BCUT2D eigenvalue weighted by molar-refractivity contribution is 6.31. The molecule has 13 heavy (non-hydrogen) atoms. The van der Waals surface area contributed by atoms with Crippen molar-refractivity contribution in [3.05, 3.63) is 34.1 Å². The fourth-order valence-corrected chi connectivity index (χ4v) is 1.21. The Morgan fingerprint density at radius 3 is 2.77 bits per heavy atom. The third-order valence-corrected chi connectivity index (χ3v) is 2.28. The Morgan fingerprint density at radius 1 is 1.62 bits per heavy atom. The van der Waals surface area contributed by atoms with Crippen molar-refractivity contribution < 1.29 is 9.50 Å². The molecule has 0 radical (unpaired) electrons. The van der Waals surface area contributed by atoms with Crippen LogP contribution in [-0.2, 0) is 0 Å². The molecule has 0 aromatic heterocycles. The van der Waals surface area contributed by atoms with Crippen LogP contribution in [0.1, 0.15) is 17.2 Å².